The van der Waals surface area contributed by atoms with Crippen molar-refractivity contribution in [1.29, 1.82) is 0 Å². The molecule has 0 aliphatic rings. The Hall–Kier alpha value is -2.35. The minimum absolute atomic E-state index is 0.131. The highest BCUT2D eigenvalue weighted by Gasteiger charge is 2.27. The van der Waals surface area contributed by atoms with Crippen molar-refractivity contribution in [2.75, 3.05) is 18.8 Å². The maximum Gasteiger partial charge on any atom is 0.410 e. The van der Waals surface area contributed by atoms with E-state index in [1.54, 1.807) is 29.3 Å². The summed E-state index contributed by atoms with van der Waals surface area (Å²) in [6, 6.07) is 4.80. The van der Waals surface area contributed by atoms with Crippen molar-refractivity contribution in [2.45, 2.75) is 71.3 Å². The van der Waals surface area contributed by atoms with Gasteiger partial charge in [0.15, 0.2) is 9.84 Å². The quantitative estimate of drug-likeness (QED) is 0.588. The van der Waals surface area contributed by atoms with Crippen LogP contribution in [0.1, 0.15) is 59.9 Å². The van der Waals surface area contributed by atoms with Gasteiger partial charge in [0.25, 0.3) is 5.56 Å². The van der Waals surface area contributed by atoms with Crippen LogP contribution in [0.25, 0.3) is 10.8 Å². The molecule has 0 bridgehead atoms. The van der Waals surface area contributed by atoms with Crippen LogP contribution in [0.4, 0.5) is 4.79 Å². The van der Waals surface area contributed by atoms with E-state index in [0.29, 0.717) is 23.7 Å². The highest BCUT2D eigenvalue weighted by Crippen LogP contribution is 2.27. The first-order valence-corrected chi connectivity index (χ1v) is 12.9. The third-order valence-corrected chi connectivity index (χ3v) is 7.17. The highest BCUT2D eigenvalue weighted by molar-refractivity contribution is 7.91. The van der Waals surface area contributed by atoms with Crippen LogP contribution in [0.2, 0.25) is 0 Å². The van der Waals surface area contributed by atoms with Gasteiger partial charge in [-0.15, -0.1) is 0 Å². The summed E-state index contributed by atoms with van der Waals surface area (Å²) < 4.78 is 32.3. The Balaban J connectivity index is 2.32. The Bertz CT molecular complexity index is 1100. The number of fused-ring (bicyclic) bond motifs is 1. The Morgan fingerprint density at radius 1 is 1.22 bits per heavy atom. The number of amides is 1. The van der Waals surface area contributed by atoms with Crippen LogP contribution in [-0.2, 0) is 21.0 Å². The fraction of sp³-hybridized carbons (Fsp3) is 0.583. The first-order chi connectivity index (χ1) is 14.9. The number of aromatic amines is 1. The zero-order valence-corrected chi connectivity index (χ0v) is 20.8. The van der Waals surface area contributed by atoms with E-state index in [1.807, 2.05) is 41.5 Å². The van der Waals surface area contributed by atoms with Gasteiger partial charge in [-0.3, -0.25) is 4.79 Å². The second-order valence-corrected chi connectivity index (χ2v) is 11.3. The van der Waals surface area contributed by atoms with Gasteiger partial charge < -0.3 is 14.6 Å². The molecule has 0 radical (unpaired) electrons. The van der Waals surface area contributed by atoms with E-state index in [9.17, 15) is 18.0 Å². The Kier molecular flexibility index (Phi) is 8.51. The van der Waals surface area contributed by atoms with Crippen LogP contribution in [0, 0.1) is 5.92 Å². The average molecular weight is 465 g/mol. The smallest absolute Gasteiger partial charge is 0.410 e. The molecule has 0 spiro atoms. The maximum atomic E-state index is 13.4. The number of nitrogens with one attached hydrogen (secondary N) is 1. The number of nitrogens with zero attached hydrogens (tertiary/aromatic N) is 1. The van der Waals surface area contributed by atoms with Crippen LogP contribution in [0.3, 0.4) is 0 Å². The number of ether oxygens (including phenoxy) is 1. The van der Waals surface area contributed by atoms with Gasteiger partial charge in [0.2, 0.25) is 0 Å². The lowest BCUT2D eigenvalue weighted by molar-refractivity contribution is 0.0226. The van der Waals surface area contributed by atoms with Gasteiger partial charge >= 0.3 is 6.09 Å². The summed E-state index contributed by atoms with van der Waals surface area (Å²) in [4.78, 5) is 29.4. The van der Waals surface area contributed by atoms with Crippen LogP contribution >= 0.6 is 0 Å². The number of hydrogen-bond acceptors (Lipinski definition) is 5. The van der Waals surface area contributed by atoms with E-state index in [1.165, 1.54) is 0 Å². The molecule has 8 heteroatoms. The Morgan fingerprint density at radius 2 is 1.91 bits per heavy atom. The monoisotopic (exact) mass is 464 g/mol. The highest BCUT2D eigenvalue weighted by atomic mass is 32.2. The average Bonchev–Trinajstić information content (AvgIpc) is 2.69. The molecule has 7 nitrogen and oxygen atoms in total. The van der Waals surface area contributed by atoms with Crippen molar-refractivity contribution in [2.24, 2.45) is 5.92 Å². The molecule has 1 aromatic carbocycles. The number of benzene rings is 1. The maximum absolute atomic E-state index is 13.4. The fourth-order valence-corrected chi connectivity index (χ4v) is 5.59. The summed E-state index contributed by atoms with van der Waals surface area (Å²) >= 11 is 0. The third-order valence-electron chi connectivity index (χ3n) is 5.15. The standard InChI is InChI=1S/C24H36N2O5S/c1-7-9-13-26(23(28)31-24(4,5)6)15-17(3)16-32(29,30)20-12-10-11-19-21(20)18(8-2)14-25-22(19)27/h10-12,14,17H,7-9,13,15-16H2,1-6H3,(H,25,27). The van der Waals surface area contributed by atoms with E-state index < -0.39 is 21.5 Å². The lowest BCUT2D eigenvalue weighted by atomic mass is 10.1. The van der Waals surface area contributed by atoms with E-state index in [-0.39, 0.29) is 28.7 Å². The zero-order chi connectivity index (χ0) is 24.1. The Morgan fingerprint density at radius 3 is 2.50 bits per heavy atom. The first-order valence-electron chi connectivity index (χ1n) is 11.2. The minimum atomic E-state index is -3.69. The number of carbonyl (C=O) groups is 1. The number of rotatable bonds is 9. The summed E-state index contributed by atoms with van der Waals surface area (Å²) in [5.74, 6) is -0.445. The summed E-state index contributed by atoms with van der Waals surface area (Å²) in [6.45, 7) is 12.0. The number of sulfone groups is 1. The van der Waals surface area contributed by atoms with Gasteiger partial charge in [0.05, 0.1) is 10.6 Å². The second-order valence-electron chi connectivity index (χ2n) is 9.34. The van der Waals surface area contributed by atoms with Gasteiger partial charge in [-0.1, -0.05) is 33.3 Å². The van der Waals surface area contributed by atoms with Crippen molar-refractivity contribution in [3.8, 4) is 0 Å². The molecule has 1 atom stereocenters. The number of H-pyrrole nitrogens is 1. The molecule has 2 aromatic rings. The predicted octanol–water partition coefficient (Wildman–Crippen LogP) is 4.54. The fourth-order valence-electron chi connectivity index (χ4n) is 3.72. The largest absolute Gasteiger partial charge is 0.444 e. The van der Waals surface area contributed by atoms with Crippen molar-refractivity contribution in [3.63, 3.8) is 0 Å². The minimum Gasteiger partial charge on any atom is -0.444 e. The van der Waals surface area contributed by atoms with E-state index in [4.69, 9.17) is 4.74 Å². The van der Waals surface area contributed by atoms with Crippen LogP contribution in [0.5, 0.6) is 0 Å². The third kappa shape index (κ3) is 6.58. The summed E-state index contributed by atoms with van der Waals surface area (Å²) in [7, 11) is -3.69. The molecule has 0 saturated heterocycles. The molecule has 1 heterocycles. The number of aryl methyl sites for hydroxylation is 1. The predicted molar refractivity (Wildman–Crippen MR) is 128 cm³/mol. The van der Waals surface area contributed by atoms with Gasteiger partial charge in [0.1, 0.15) is 5.60 Å². The summed E-state index contributed by atoms with van der Waals surface area (Å²) in [5, 5.41) is 0.859. The zero-order valence-electron chi connectivity index (χ0n) is 20.0. The summed E-state index contributed by atoms with van der Waals surface area (Å²) in [6.07, 6.45) is 3.47. The molecule has 0 saturated carbocycles. The number of unbranched alkanes of at least 4 members (excludes halogenated alkanes) is 1. The van der Waals surface area contributed by atoms with Gasteiger partial charge in [-0.05, 0) is 57.2 Å². The molecule has 0 aliphatic heterocycles. The van der Waals surface area contributed by atoms with Crippen LogP contribution < -0.4 is 5.56 Å². The van der Waals surface area contributed by atoms with E-state index in [2.05, 4.69) is 4.98 Å². The lowest BCUT2D eigenvalue weighted by Gasteiger charge is -2.29. The molecule has 0 aliphatic carbocycles. The Labute approximate surface area is 191 Å². The lowest BCUT2D eigenvalue weighted by Crippen LogP contribution is -2.40. The second kappa shape index (κ2) is 10.5. The summed E-state index contributed by atoms with van der Waals surface area (Å²) in [5.41, 5.74) is -0.147. The SMILES string of the molecule is CCCCN(CC(C)CS(=O)(=O)c1cccc2c(=O)[nH]cc(CC)c12)C(=O)OC(C)(C)C. The molecular formula is C24H36N2O5S. The molecule has 1 aromatic heterocycles. The van der Waals surface area contributed by atoms with Gasteiger partial charge in [0, 0.05) is 30.1 Å². The number of pyridine rings is 1. The molecule has 1 unspecified atom stereocenters. The number of aromatic nitrogens is 1. The molecule has 0 fully saturated rings. The number of hydrogen-bond donors (Lipinski definition) is 1. The molecule has 178 valence electrons. The molecule has 1 amide bonds. The van der Waals surface area contributed by atoms with E-state index >= 15 is 0 Å². The first kappa shape index (κ1) is 25.9. The van der Waals surface area contributed by atoms with Crippen molar-refractivity contribution < 1.29 is 17.9 Å². The van der Waals surface area contributed by atoms with Gasteiger partial charge in [-0.25, -0.2) is 13.2 Å². The molecule has 2 rings (SSSR count). The van der Waals surface area contributed by atoms with Crippen molar-refractivity contribution >= 4 is 26.7 Å². The van der Waals surface area contributed by atoms with Crippen LogP contribution in [-0.4, -0.2) is 48.8 Å². The van der Waals surface area contributed by atoms with Crippen molar-refractivity contribution in [1.82, 2.24) is 9.88 Å². The van der Waals surface area contributed by atoms with Crippen molar-refractivity contribution in [3.05, 3.63) is 40.3 Å². The van der Waals surface area contributed by atoms with Gasteiger partial charge in [-0.2, -0.15) is 0 Å². The molecule has 1 N–H and O–H groups in total. The molecule has 32 heavy (non-hydrogen) atoms. The molecular weight excluding hydrogens is 428 g/mol. The normalized spacial score (nSPS) is 13.2. The van der Waals surface area contributed by atoms with Crippen LogP contribution in [0.15, 0.2) is 34.1 Å². The van der Waals surface area contributed by atoms with E-state index in [0.717, 1.165) is 18.4 Å². The topological polar surface area (TPSA) is 96.5 Å². The number of carbonyl (C=O) groups excluding carboxylic acids is 1.